The lowest BCUT2D eigenvalue weighted by atomic mass is 10.00. The maximum Gasteiger partial charge on any atom is 0.0381 e. The van der Waals surface area contributed by atoms with Gasteiger partial charge in [-0.15, -0.1) is 23.2 Å². The molecule has 0 saturated heterocycles. The van der Waals surface area contributed by atoms with Crippen molar-refractivity contribution in [3.05, 3.63) is 0 Å². The molecule has 0 nitrogen and oxygen atoms in total. The van der Waals surface area contributed by atoms with E-state index in [9.17, 15) is 0 Å². The first kappa shape index (κ1) is 9.02. The van der Waals surface area contributed by atoms with Crippen molar-refractivity contribution in [3.8, 4) is 0 Å². The maximum atomic E-state index is 6.02. The van der Waals surface area contributed by atoms with Crippen molar-refractivity contribution in [2.24, 2.45) is 11.8 Å². The summed E-state index contributed by atoms with van der Waals surface area (Å²) in [5.41, 5.74) is 0. The Morgan fingerprint density at radius 1 is 0.900 bits per heavy atom. The van der Waals surface area contributed by atoms with Crippen LogP contribution in [0.15, 0.2) is 0 Å². The number of fused-ring (bicyclic) bond motifs is 2. The summed E-state index contributed by atoms with van der Waals surface area (Å²) < 4.78 is 0. The predicted octanol–water partition coefficient (Wildman–Crippen LogP) is 2.74. The van der Waals surface area contributed by atoms with Gasteiger partial charge in [-0.25, -0.2) is 0 Å². The minimum atomic E-state index is 0. The zero-order valence-electron chi connectivity index (χ0n) is 5.69. The molecule has 2 saturated carbocycles. The Kier molecular flexibility index (Phi) is 2.82. The van der Waals surface area contributed by atoms with E-state index < -0.39 is 0 Å². The van der Waals surface area contributed by atoms with Gasteiger partial charge in [0.25, 0.3) is 0 Å². The van der Waals surface area contributed by atoms with Crippen LogP contribution in [0.1, 0.15) is 19.3 Å². The summed E-state index contributed by atoms with van der Waals surface area (Å²) in [5.74, 6) is 1.50. The molecule has 2 rings (SSSR count). The second-order valence-corrected chi connectivity index (χ2v) is 4.39. The normalized spacial score (nSPS) is 51.0. The molecule has 60 valence electrons. The van der Waals surface area contributed by atoms with Gasteiger partial charge in [0.15, 0.2) is 0 Å². The highest BCUT2D eigenvalue weighted by molar-refractivity contribution is 7.59. The molecule has 2 aliphatic rings. The van der Waals surface area contributed by atoms with E-state index in [1.165, 1.54) is 19.3 Å². The van der Waals surface area contributed by atoms with Gasteiger partial charge in [-0.3, -0.25) is 0 Å². The molecule has 3 heteroatoms. The number of alkyl halides is 2. The van der Waals surface area contributed by atoms with Crippen molar-refractivity contribution in [1.82, 2.24) is 0 Å². The summed E-state index contributed by atoms with van der Waals surface area (Å²) in [6, 6.07) is 0. The molecular formula is C7H12Cl2S. The first-order valence-electron chi connectivity index (χ1n) is 3.55. The van der Waals surface area contributed by atoms with Gasteiger partial charge in [-0.05, 0) is 31.1 Å². The minimum absolute atomic E-state index is 0. The van der Waals surface area contributed by atoms with E-state index in [2.05, 4.69) is 0 Å². The van der Waals surface area contributed by atoms with Crippen LogP contribution in [0.3, 0.4) is 0 Å². The Morgan fingerprint density at radius 3 is 1.60 bits per heavy atom. The Morgan fingerprint density at radius 2 is 1.40 bits per heavy atom. The Balaban J connectivity index is 0.000000500. The van der Waals surface area contributed by atoms with Crippen LogP contribution in [0.2, 0.25) is 0 Å². The van der Waals surface area contributed by atoms with E-state index in [0.717, 1.165) is 5.92 Å². The van der Waals surface area contributed by atoms with Crippen molar-refractivity contribution in [3.63, 3.8) is 0 Å². The summed E-state index contributed by atoms with van der Waals surface area (Å²) >= 11 is 12.0. The van der Waals surface area contributed by atoms with Crippen molar-refractivity contribution < 1.29 is 0 Å². The van der Waals surface area contributed by atoms with Crippen molar-refractivity contribution in [2.75, 3.05) is 0 Å². The van der Waals surface area contributed by atoms with Gasteiger partial charge in [0.05, 0.1) is 0 Å². The first-order valence-corrected chi connectivity index (χ1v) is 4.43. The van der Waals surface area contributed by atoms with Crippen LogP contribution in [0.5, 0.6) is 0 Å². The van der Waals surface area contributed by atoms with Gasteiger partial charge in [0.2, 0.25) is 0 Å². The second kappa shape index (κ2) is 3.12. The van der Waals surface area contributed by atoms with E-state index in [-0.39, 0.29) is 13.5 Å². The van der Waals surface area contributed by atoms with Gasteiger partial charge in [0.1, 0.15) is 0 Å². The van der Waals surface area contributed by atoms with Gasteiger partial charge in [-0.1, -0.05) is 0 Å². The fourth-order valence-corrected chi connectivity index (χ4v) is 3.32. The van der Waals surface area contributed by atoms with Crippen LogP contribution in [-0.4, -0.2) is 10.8 Å². The molecule has 10 heavy (non-hydrogen) atoms. The molecular weight excluding hydrogens is 187 g/mol. The Hall–Kier alpha value is 0.930. The lowest BCUT2D eigenvalue weighted by Crippen LogP contribution is -2.19. The van der Waals surface area contributed by atoms with Gasteiger partial charge < -0.3 is 0 Å². The van der Waals surface area contributed by atoms with Crippen molar-refractivity contribution in [1.29, 1.82) is 0 Å². The Labute approximate surface area is 78.7 Å². The lowest BCUT2D eigenvalue weighted by Gasteiger charge is -2.19. The topological polar surface area (TPSA) is 0 Å². The molecule has 0 amide bonds. The highest BCUT2D eigenvalue weighted by atomic mass is 35.5. The van der Waals surface area contributed by atoms with Crippen LogP contribution >= 0.6 is 36.7 Å². The van der Waals surface area contributed by atoms with Crippen LogP contribution in [0, 0.1) is 11.8 Å². The molecule has 2 unspecified atom stereocenters. The number of hydrogen-bond acceptors (Lipinski definition) is 0. The number of hydrogen-bond donors (Lipinski definition) is 0. The van der Waals surface area contributed by atoms with E-state index in [1.54, 1.807) is 0 Å². The van der Waals surface area contributed by atoms with E-state index in [1.807, 2.05) is 0 Å². The highest BCUT2D eigenvalue weighted by Crippen LogP contribution is 2.49. The molecule has 2 fully saturated rings. The molecule has 2 atom stereocenters. The minimum Gasteiger partial charge on any atom is -0.197 e. The molecule has 0 aromatic carbocycles. The third-order valence-electron chi connectivity index (χ3n) is 2.65. The van der Waals surface area contributed by atoms with E-state index in [4.69, 9.17) is 23.2 Å². The fraction of sp³-hybridized carbons (Fsp3) is 1.00. The molecule has 0 aliphatic heterocycles. The van der Waals surface area contributed by atoms with Crippen LogP contribution in [0.4, 0.5) is 0 Å². The fourth-order valence-electron chi connectivity index (χ4n) is 2.18. The zero-order valence-corrected chi connectivity index (χ0v) is 8.20. The van der Waals surface area contributed by atoms with Gasteiger partial charge >= 0.3 is 0 Å². The average molecular weight is 199 g/mol. The molecule has 2 aliphatic carbocycles. The van der Waals surface area contributed by atoms with Crippen LogP contribution in [-0.2, 0) is 0 Å². The van der Waals surface area contributed by atoms with Crippen molar-refractivity contribution >= 4 is 36.7 Å². The van der Waals surface area contributed by atoms with Gasteiger partial charge in [0, 0.05) is 10.8 Å². The van der Waals surface area contributed by atoms with E-state index in [0.29, 0.717) is 16.7 Å². The summed E-state index contributed by atoms with van der Waals surface area (Å²) in [6.45, 7) is 0. The average Bonchev–Trinajstić information content (AvgIpc) is 2.22. The zero-order chi connectivity index (χ0) is 6.43. The largest absolute Gasteiger partial charge is 0.197 e. The summed E-state index contributed by atoms with van der Waals surface area (Å²) in [6.07, 6.45) is 3.73. The lowest BCUT2D eigenvalue weighted by molar-refractivity contribution is 0.494. The standard InChI is InChI=1S/C7H10Cl2.H2S/c8-6-2-4-1-5(6)7(9)3-4;/h4-7H,1-3H2;1H2. The molecule has 0 aromatic heterocycles. The molecule has 0 spiro atoms. The van der Waals surface area contributed by atoms with Crippen LogP contribution < -0.4 is 0 Å². The molecule has 0 aromatic rings. The molecule has 0 radical (unpaired) electrons. The van der Waals surface area contributed by atoms with Crippen molar-refractivity contribution in [2.45, 2.75) is 30.0 Å². The molecule has 0 heterocycles. The summed E-state index contributed by atoms with van der Waals surface area (Å²) in [5, 5.41) is 0.789. The smallest absolute Gasteiger partial charge is 0.0381 e. The maximum absolute atomic E-state index is 6.02. The third-order valence-corrected chi connectivity index (χ3v) is 3.66. The summed E-state index contributed by atoms with van der Waals surface area (Å²) in [4.78, 5) is 0. The third kappa shape index (κ3) is 1.28. The Bertz CT molecular complexity index is 117. The van der Waals surface area contributed by atoms with Crippen LogP contribution in [0.25, 0.3) is 0 Å². The quantitative estimate of drug-likeness (QED) is 0.526. The second-order valence-electron chi connectivity index (χ2n) is 3.27. The number of rotatable bonds is 0. The summed E-state index contributed by atoms with van der Waals surface area (Å²) in [7, 11) is 0. The SMILES string of the molecule is ClC1CC2CC(Cl)C1C2.S. The predicted molar refractivity (Wildman–Crippen MR) is 50.5 cm³/mol. The first-order chi connectivity index (χ1) is 4.27. The van der Waals surface area contributed by atoms with Gasteiger partial charge in [-0.2, -0.15) is 13.5 Å². The highest BCUT2D eigenvalue weighted by Gasteiger charge is 2.44. The molecule has 0 N–H and O–H groups in total. The molecule has 2 bridgehead atoms. The van der Waals surface area contributed by atoms with E-state index >= 15 is 0 Å². The number of halogens is 2. The monoisotopic (exact) mass is 198 g/mol.